The number of rotatable bonds is 4. The molecule has 1 unspecified atom stereocenters. The van der Waals surface area contributed by atoms with Gasteiger partial charge in [0.05, 0.1) is 6.10 Å². The normalized spacial score (nSPS) is 26.0. The molecule has 3 rings (SSSR count). The molecule has 24 heavy (non-hydrogen) atoms. The van der Waals surface area contributed by atoms with Gasteiger partial charge in [0.1, 0.15) is 17.1 Å². The molecular formula is C21H30O3. The van der Waals surface area contributed by atoms with E-state index in [9.17, 15) is 10.2 Å². The van der Waals surface area contributed by atoms with Crippen LogP contribution in [0.25, 0.3) is 0 Å². The van der Waals surface area contributed by atoms with Gasteiger partial charge < -0.3 is 14.9 Å². The number of ether oxygens (including phenoxy) is 1. The Bertz CT molecular complexity index is 645. The SMILES string of the molecule is CCCCC(O)c1cc(O)c2c(c1)OC(C)(C)[C@@H]1CC=C(C)C[C@@H]21. The molecule has 0 spiro atoms. The maximum absolute atomic E-state index is 10.7. The van der Waals surface area contributed by atoms with Gasteiger partial charge in [0.2, 0.25) is 0 Å². The Morgan fingerprint density at radius 2 is 2.08 bits per heavy atom. The Labute approximate surface area is 145 Å². The average molecular weight is 330 g/mol. The van der Waals surface area contributed by atoms with Crippen LogP contribution in [-0.4, -0.2) is 15.8 Å². The second kappa shape index (κ2) is 6.44. The minimum absolute atomic E-state index is 0.270. The molecule has 1 aromatic rings. The van der Waals surface area contributed by atoms with Crippen LogP contribution in [0.2, 0.25) is 0 Å². The highest BCUT2D eigenvalue weighted by Crippen LogP contribution is 2.54. The molecule has 1 aliphatic carbocycles. The van der Waals surface area contributed by atoms with Crippen LogP contribution in [0.15, 0.2) is 23.8 Å². The van der Waals surface area contributed by atoms with Crippen molar-refractivity contribution in [3.05, 3.63) is 34.9 Å². The molecule has 0 radical (unpaired) electrons. The van der Waals surface area contributed by atoms with Gasteiger partial charge in [0.15, 0.2) is 0 Å². The Hall–Kier alpha value is -1.48. The van der Waals surface area contributed by atoms with Gasteiger partial charge in [-0.3, -0.25) is 0 Å². The number of aliphatic hydroxyl groups is 1. The molecule has 1 heterocycles. The van der Waals surface area contributed by atoms with Crippen LogP contribution in [0.1, 0.15) is 82.9 Å². The summed E-state index contributed by atoms with van der Waals surface area (Å²) in [6.07, 6.45) is 6.45. The maximum atomic E-state index is 10.7. The van der Waals surface area contributed by atoms with Gasteiger partial charge in [-0.05, 0) is 57.7 Å². The minimum atomic E-state index is -0.543. The Kier molecular flexibility index (Phi) is 4.65. The first kappa shape index (κ1) is 17.3. The molecule has 3 atom stereocenters. The number of phenols is 1. The molecular weight excluding hydrogens is 300 g/mol. The summed E-state index contributed by atoms with van der Waals surface area (Å²) >= 11 is 0. The Morgan fingerprint density at radius 3 is 2.79 bits per heavy atom. The van der Waals surface area contributed by atoms with Crippen LogP contribution in [0, 0.1) is 5.92 Å². The quantitative estimate of drug-likeness (QED) is 0.744. The van der Waals surface area contributed by atoms with E-state index >= 15 is 0 Å². The van der Waals surface area contributed by atoms with Gasteiger partial charge in [-0.25, -0.2) is 0 Å². The van der Waals surface area contributed by atoms with Crippen molar-refractivity contribution in [1.29, 1.82) is 0 Å². The number of hydrogen-bond donors (Lipinski definition) is 2. The van der Waals surface area contributed by atoms with Gasteiger partial charge in [0, 0.05) is 17.4 Å². The van der Waals surface area contributed by atoms with Crippen LogP contribution in [0.5, 0.6) is 11.5 Å². The van der Waals surface area contributed by atoms with Crippen molar-refractivity contribution in [2.75, 3.05) is 0 Å². The maximum Gasteiger partial charge on any atom is 0.127 e. The zero-order valence-corrected chi connectivity index (χ0v) is 15.3. The highest BCUT2D eigenvalue weighted by molar-refractivity contribution is 5.53. The summed E-state index contributed by atoms with van der Waals surface area (Å²) in [5, 5.41) is 21.1. The van der Waals surface area contributed by atoms with Crippen LogP contribution in [0.3, 0.4) is 0 Å². The zero-order chi connectivity index (χ0) is 17.5. The molecule has 2 N–H and O–H groups in total. The highest BCUT2D eigenvalue weighted by Gasteiger charge is 2.45. The van der Waals surface area contributed by atoms with Crippen molar-refractivity contribution in [3.8, 4) is 11.5 Å². The van der Waals surface area contributed by atoms with E-state index < -0.39 is 6.10 Å². The number of unbranched alkanes of at least 4 members (excludes halogenated alkanes) is 1. The number of aliphatic hydroxyl groups excluding tert-OH is 1. The largest absolute Gasteiger partial charge is 0.508 e. The average Bonchev–Trinajstić information content (AvgIpc) is 2.50. The first-order valence-electron chi connectivity index (χ1n) is 9.23. The van der Waals surface area contributed by atoms with Gasteiger partial charge >= 0.3 is 0 Å². The van der Waals surface area contributed by atoms with Gasteiger partial charge in [0.25, 0.3) is 0 Å². The van der Waals surface area contributed by atoms with E-state index in [4.69, 9.17) is 4.74 Å². The van der Waals surface area contributed by atoms with Crippen molar-refractivity contribution in [3.63, 3.8) is 0 Å². The summed E-state index contributed by atoms with van der Waals surface area (Å²) in [6, 6.07) is 3.69. The summed E-state index contributed by atoms with van der Waals surface area (Å²) in [4.78, 5) is 0. The molecule has 132 valence electrons. The summed E-state index contributed by atoms with van der Waals surface area (Å²) in [5.74, 6) is 1.69. The predicted molar refractivity (Wildman–Crippen MR) is 96.5 cm³/mol. The lowest BCUT2D eigenvalue weighted by Crippen LogP contribution is -2.45. The fraction of sp³-hybridized carbons (Fsp3) is 0.619. The number of hydrogen-bond acceptors (Lipinski definition) is 3. The molecule has 1 aromatic carbocycles. The molecule has 1 aliphatic heterocycles. The first-order chi connectivity index (χ1) is 11.3. The van der Waals surface area contributed by atoms with E-state index in [0.29, 0.717) is 12.3 Å². The molecule has 0 saturated heterocycles. The standard InChI is InChI=1S/C21H30O3/c1-5-6-7-17(22)14-11-18(23)20-15-10-13(2)8-9-16(15)21(3,4)24-19(20)12-14/h8,11-12,15-17,22-23H,5-7,9-10H2,1-4H3/t15-,16-,17?/m1/s1. The van der Waals surface area contributed by atoms with E-state index in [1.54, 1.807) is 6.07 Å². The van der Waals surface area contributed by atoms with Crippen molar-refractivity contribution in [1.82, 2.24) is 0 Å². The minimum Gasteiger partial charge on any atom is -0.508 e. The molecule has 0 amide bonds. The lowest BCUT2D eigenvalue weighted by Gasteiger charge is -2.47. The van der Waals surface area contributed by atoms with Crippen molar-refractivity contribution in [2.45, 2.75) is 77.4 Å². The van der Waals surface area contributed by atoms with Crippen LogP contribution < -0.4 is 4.74 Å². The van der Waals surface area contributed by atoms with Crippen LogP contribution >= 0.6 is 0 Å². The lowest BCUT2D eigenvalue weighted by atomic mass is 9.67. The molecule has 0 bridgehead atoms. The summed E-state index contributed by atoms with van der Waals surface area (Å²) in [6.45, 7) is 8.55. The third kappa shape index (κ3) is 3.06. The molecule has 3 nitrogen and oxygen atoms in total. The predicted octanol–water partition coefficient (Wildman–Crippen LogP) is 5.23. The van der Waals surface area contributed by atoms with E-state index in [1.807, 2.05) is 6.07 Å². The monoisotopic (exact) mass is 330 g/mol. The van der Waals surface area contributed by atoms with Crippen molar-refractivity contribution < 1.29 is 14.9 Å². The molecule has 3 heteroatoms. The fourth-order valence-corrected chi connectivity index (χ4v) is 4.34. The molecule has 0 saturated carbocycles. The number of allylic oxidation sites excluding steroid dienone is 2. The fourth-order valence-electron chi connectivity index (χ4n) is 4.34. The van der Waals surface area contributed by atoms with Crippen LogP contribution in [-0.2, 0) is 0 Å². The summed E-state index contributed by atoms with van der Waals surface area (Å²) < 4.78 is 6.30. The second-order valence-corrected chi connectivity index (χ2v) is 8.02. The molecule has 0 fully saturated rings. The topological polar surface area (TPSA) is 49.7 Å². The van der Waals surface area contributed by atoms with E-state index in [-0.39, 0.29) is 17.3 Å². The summed E-state index contributed by atoms with van der Waals surface area (Å²) in [7, 11) is 0. The van der Waals surface area contributed by atoms with Gasteiger partial charge in [-0.15, -0.1) is 0 Å². The van der Waals surface area contributed by atoms with Crippen LogP contribution in [0.4, 0.5) is 0 Å². The molecule has 2 aliphatic rings. The first-order valence-corrected chi connectivity index (χ1v) is 9.23. The number of aromatic hydroxyl groups is 1. The second-order valence-electron chi connectivity index (χ2n) is 8.02. The third-order valence-corrected chi connectivity index (χ3v) is 5.74. The highest BCUT2D eigenvalue weighted by atomic mass is 16.5. The van der Waals surface area contributed by atoms with E-state index in [1.165, 1.54) is 5.57 Å². The smallest absolute Gasteiger partial charge is 0.127 e. The third-order valence-electron chi connectivity index (χ3n) is 5.74. The number of phenolic OH excluding ortho intramolecular Hbond substituents is 1. The van der Waals surface area contributed by atoms with E-state index in [2.05, 4.69) is 33.8 Å². The van der Waals surface area contributed by atoms with Crippen molar-refractivity contribution in [2.24, 2.45) is 5.92 Å². The van der Waals surface area contributed by atoms with Crippen molar-refractivity contribution >= 4 is 0 Å². The number of fused-ring (bicyclic) bond motifs is 3. The Morgan fingerprint density at radius 1 is 1.33 bits per heavy atom. The van der Waals surface area contributed by atoms with Gasteiger partial charge in [-0.1, -0.05) is 31.4 Å². The lowest BCUT2D eigenvalue weighted by molar-refractivity contribution is 0.00721. The number of benzene rings is 1. The summed E-state index contributed by atoms with van der Waals surface area (Å²) in [5.41, 5.74) is 2.80. The Balaban J connectivity index is 2.00. The zero-order valence-electron chi connectivity index (χ0n) is 15.3. The molecule has 0 aromatic heterocycles. The van der Waals surface area contributed by atoms with Gasteiger partial charge in [-0.2, -0.15) is 0 Å². The van der Waals surface area contributed by atoms with E-state index in [0.717, 1.165) is 42.6 Å².